The molecule has 2 heterocycles. The average molecular weight is 445 g/mol. The molecule has 8 nitrogen and oxygen atoms in total. The number of hydrogen-bond donors (Lipinski definition) is 4. The fraction of sp³-hybridized carbons (Fsp3) is 0.320. The van der Waals surface area contributed by atoms with Crippen molar-refractivity contribution in [2.75, 3.05) is 10.6 Å². The molecule has 2 aliphatic rings. The zero-order valence-electron chi connectivity index (χ0n) is 18.5. The summed E-state index contributed by atoms with van der Waals surface area (Å²) in [7, 11) is 0. The lowest BCUT2D eigenvalue weighted by Gasteiger charge is -2.40. The van der Waals surface area contributed by atoms with Crippen molar-refractivity contribution >= 4 is 23.4 Å². The highest BCUT2D eigenvalue weighted by atomic mass is 16.2. The predicted molar refractivity (Wildman–Crippen MR) is 128 cm³/mol. The van der Waals surface area contributed by atoms with Crippen molar-refractivity contribution in [2.24, 2.45) is 5.92 Å². The van der Waals surface area contributed by atoms with E-state index in [1.165, 1.54) is 0 Å². The van der Waals surface area contributed by atoms with E-state index in [2.05, 4.69) is 21.3 Å². The van der Waals surface area contributed by atoms with E-state index in [9.17, 15) is 9.59 Å². The van der Waals surface area contributed by atoms with Crippen LogP contribution in [-0.2, 0) is 4.79 Å². The third-order valence-electron chi connectivity index (χ3n) is 6.32. The summed E-state index contributed by atoms with van der Waals surface area (Å²) in [5.41, 5.74) is 3.40. The molecule has 3 amide bonds. The SMILES string of the molecule is Cc1cccc(NC(=O)Nc2cc(-c3ccccc3)nn2C2NC(=O)C3CCCCC3N2)c1. The lowest BCUT2D eigenvalue weighted by atomic mass is 9.83. The lowest BCUT2D eigenvalue weighted by molar-refractivity contribution is -0.132. The monoisotopic (exact) mass is 444 g/mol. The van der Waals surface area contributed by atoms with Crippen LogP contribution >= 0.6 is 0 Å². The standard InChI is InChI=1S/C25H28N6O2/c1-16-8-7-11-18(14-16)26-25(33)28-22-15-21(17-9-3-2-4-10-17)30-31(22)24-27-20-13-6-5-12-19(20)23(32)29-24/h2-4,7-11,14-15,19-20,24,27H,5-6,12-13H2,1H3,(H,29,32)(H2,26,28,33). The maximum Gasteiger partial charge on any atom is 0.324 e. The van der Waals surface area contributed by atoms with Gasteiger partial charge in [-0.1, -0.05) is 55.3 Å². The maximum atomic E-state index is 12.8. The summed E-state index contributed by atoms with van der Waals surface area (Å²) in [6, 6.07) is 18.9. The Morgan fingerprint density at radius 3 is 2.67 bits per heavy atom. The van der Waals surface area contributed by atoms with Crippen LogP contribution in [0.2, 0.25) is 0 Å². The van der Waals surface area contributed by atoms with E-state index in [0.717, 1.165) is 36.8 Å². The first-order valence-electron chi connectivity index (χ1n) is 11.4. The van der Waals surface area contributed by atoms with Crippen molar-refractivity contribution in [2.45, 2.75) is 44.9 Å². The van der Waals surface area contributed by atoms with E-state index in [1.807, 2.05) is 67.6 Å². The van der Waals surface area contributed by atoms with E-state index in [4.69, 9.17) is 5.10 Å². The molecule has 2 aromatic carbocycles. The Bertz CT molecular complexity index is 1160. The van der Waals surface area contributed by atoms with E-state index in [1.54, 1.807) is 4.68 Å². The third-order valence-corrected chi connectivity index (χ3v) is 6.32. The van der Waals surface area contributed by atoms with Crippen molar-refractivity contribution < 1.29 is 9.59 Å². The molecule has 0 bridgehead atoms. The Hall–Kier alpha value is -3.65. The molecule has 0 spiro atoms. The van der Waals surface area contributed by atoms with Crippen LogP contribution in [0.15, 0.2) is 60.7 Å². The second kappa shape index (κ2) is 9.07. The average Bonchev–Trinajstić information content (AvgIpc) is 3.23. The fourth-order valence-electron chi connectivity index (χ4n) is 4.70. The van der Waals surface area contributed by atoms with Crippen LogP contribution in [0.3, 0.4) is 0 Å². The summed E-state index contributed by atoms with van der Waals surface area (Å²) in [5, 5.41) is 17.1. The van der Waals surface area contributed by atoms with Gasteiger partial charge in [-0.3, -0.25) is 15.4 Å². The number of nitrogens with one attached hydrogen (secondary N) is 4. The Morgan fingerprint density at radius 2 is 1.85 bits per heavy atom. The van der Waals surface area contributed by atoms with Gasteiger partial charge in [0, 0.05) is 23.4 Å². The smallest absolute Gasteiger partial charge is 0.322 e. The number of nitrogens with zero attached hydrogens (tertiary/aromatic N) is 2. The van der Waals surface area contributed by atoms with Gasteiger partial charge in [-0.25, -0.2) is 9.48 Å². The minimum Gasteiger partial charge on any atom is -0.322 e. The number of aryl methyl sites for hydroxylation is 1. The van der Waals surface area contributed by atoms with E-state index < -0.39 is 6.29 Å². The number of anilines is 2. The summed E-state index contributed by atoms with van der Waals surface area (Å²) >= 11 is 0. The van der Waals surface area contributed by atoms with Crippen LogP contribution in [0.4, 0.5) is 16.3 Å². The summed E-state index contributed by atoms with van der Waals surface area (Å²) in [6.07, 6.45) is 3.50. The first kappa shape index (κ1) is 21.2. The van der Waals surface area contributed by atoms with Crippen molar-refractivity contribution in [1.82, 2.24) is 20.4 Å². The molecule has 4 N–H and O–H groups in total. The van der Waals surface area contributed by atoms with Crippen LogP contribution in [-0.4, -0.2) is 27.8 Å². The number of urea groups is 1. The molecule has 5 rings (SSSR count). The molecule has 3 aromatic rings. The molecule has 2 fully saturated rings. The van der Waals surface area contributed by atoms with Crippen LogP contribution in [0, 0.1) is 12.8 Å². The minimum atomic E-state index is -0.538. The quantitative estimate of drug-likeness (QED) is 0.484. The van der Waals surface area contributed by atoms with Crippen LogP contribution in [0.5, 0.6) is 0 Å². The Balaban J connectivity index is 1.43. The normalized spacial score (nSPS) is 22.2. The molecule has 8 heteroatoms. The predicted octanol–water partition coefficient (Wildman–Crippen LogP) is 4.24. The van der Waals surface area contributed by atoms with Crippen molar-refractivity contribution in [3.63, 3.8) is 0 Å². The number of carbonyl (C=O) groups excluding carboxylic acids is 2. The number of rotatable bonds is 4. The number of hydrogen-bond acceptors (Lipinski definition) is 4. The molecule has 1 saturated carbocycles. The first-order chi connectivity index (χ1) is 16.1. The van der Waals surface area contributed by atoms with Gasteiger partial charge in [-0.15, -0.1) is 0 Å². The number of amides is 3. The zero-order valence-corrected chi connectivity index (χ0v) is 18.5. The molecule has 1 aromatic heterocycles. The number of benzene rings is 2. The van der Waals surface area contributed by atoms with Gasteiger partial charge in [-0.2, -0.15) is 5.10 Å². The van der Waals surface area contributed by atoms with Crippen LogP contribution in [0.1, 0.15) is 37.5 Å². The van der Waals surface area contributed by atoms with Crippen molar-refractivity contribution in [3.05, 3.63) is 66.2 Å². The number of carbonyl (C=O) groups is 2. The topological polar surface area (TPSA) is 100 Å². The summed E-state index contributed by atoms with van der Waals surface area (Å²) in [6.45, 7) is 1.97. The Kier molecular flexibility index (Phi) is 5.83. The largest absolute Gasteiger partial charge is 0.324 e. The highest BCUT2D eigenvalue weighted by molar-refractivity contribution is 5.99. The van der Waals surface area contributed by atoms with E-state index in [0.29, 0.717) is 17.2 Å². The molecule has 0 radical (unpaired) electrons. The molecule has 1 aliphatic carbocycles. The molecular weight excluding hydrogens is 416 g/mol. The van der Waals surface area contributed by atoms with Gasteiger partial charge < -0.3 is 10.6 Å². The molecule has 33 heavy (non-hydrogen) atoms. The molecular formula is C25H28N6O2. The highest BCUT2D eigenvalue weighted by Gasteiger charge is 2.38. The van der Waals surface area contributed by atoms with Gasteiger partial charge >= 0.3 is 6.03 Å². The van der Waals surface area contributed by atoms with Gasteiger partial charge in [0.25, 0.3) is 0 Å². The summed E-state index contributed by atoms with van der Waals surface area (Å²) in [5.74, 6) is 0.515. The highest BCUT2D eigenvalue weighted by Crippen LogP contribution is 2.31. The second-order valence-corrected chi connectivity index (χ2v) is 8.75. The molecule has 170 valence electrons. The molecule has 3 unspecified atom stereocenters. The van der Waals surface area contributed by atoms with Crippen LogP contribution in [0.25, 0.3) is 11.3 Å². The molecule has 1 saturated heterocycles. The Labute approximate surface area is 192 Å². The first-order valence-corrected chi connectivity index (χ1v) is 11.4. The van der Waals surface area contributed by atoms with Gasteiger partial charge in [0.1, 0.15) is 5.82 Å². The fourth-order valence-corrected chi connectivity index (χ4v) is 4.70. The van der Waals surface area contributed by atoms with Gasteiger partial charge in [-0.05, 0) is 37.5 Å². The van der Waals surface area contributed by atoms with Crippen molar-refractivity contribution in [1.29, 1.82) is 0 Å². The van der Waals surface area contributed by atoms with Gasteiger partial charge in [0.05, 0.1) is 11.6 Å². The molecule has 1 aliphatic heterocycles. The number of aromatic nitrogens is 2. The van der Waals surface area contributed by atoms with E-state index in [-0.39, 0.29) is 23.9 Å². The lowest BCUT2D eigenvalue weighted by Crippen LogP contribution is -2.59. The second-order valence-electron chi connectivity index (χ2n) is 8.75. The summed E-state index contributed by atoms with van der Waals surface area (Å²) in [4.78, 5) is 25.6. The van der Waals surface area contributed by atoms with Crippen molar-refractivity contribution in [3.8, 4) is 11.3 Å². The molecule has 3 atom stereocenters. The Morgan fingerprint density at radius 1 is 1.03 bits per heavy atom. The minimum absolute atomic E-state index is 0.0137. The third kappa shape index (κ3) is 4.61. The summed E-state index contributed by atoms with van der Waals surface area (Å²) < 4.78 is 1.65. The van der Waals surface area contributed by atoms with Gasteiger partial charge in [0.15, 0.2) is 6.29 Å². The van der Waals surface area contributed by atoms with E-state index >= 15 is 0 Å². The van der Waals surface area contributed by atoms with Gasteiger partial charge in [0.2, 0.25) is 5.91 Å². The maximum absolute atomic E-state index is 12.8. The number of fused-ring (bicyclic) bond motifs is 1. The zero-order chi connectivity index (χ0) is 22.8. The van der Waals surface area contributed by atoms with Crippen LogP contribution < -0.4 is 21.3 Å².